The Hall–Kier alpha value is -1.54. The largest absolute Gasteiger partial charge is 1.00 e. The molecule has 9 heteroatoms. The molecule has 0 aliphatic heterocycles. The summed E-state index contributed by atoms with van der Waals surface area (Å²) >= 11 is 1.76. The van der Waals surface area contributed by atoms with Crippen LogP contribution in [0.25, 0.3) is 11.2 Å². The van der Waals surface area contributed by atoms with Crippen molar-refractivity contribution in [3.8, 4) is 5.88 Å². The topological polar surface area (TPSA) is 59.1 Å². The Bertz CT molecular complexity index is 843. The third kappa shape index (κ3) is 5.98. The highest BCUT2D eigenvalue weighted by molar-refractivity contribution is 7.98. The maximum Gasteiger partial charge on any atom is 0.306 e. The van der Waals surface area contributed by atoms with Gasteiger partial charge in [-0.1, -0.05) is 11.1 Å². The highest BCUT2D eigenvalue weighted by Gasteiger charge is 2.22. The molecule has 0 saturated carbocycles. The van der Waals surface area contributed by atoms with Crippen molar-refractivity contribution in [2.24, 2.45) is 0 Å². The fourth-order valence-electron chi connectivity index (χ4n) is 2.95. The predicted octanol–water partition coefficient (Wildman–Crippen LogP) is -4.52. The highest BCUT2D eigenvalue weighted by atomic mass is 35.5. The molecule has 0 fully saturated rings. The SMILES string of the molecule is CC[NH+](CC)CC[n+]1c(SCc2ccccn2)[nH]c2ccc(OC)nc21.[Cl-].[Cl-]. The van der Waals surface area contributed by atoms with Crippen molar-refractivity contribution in [2.75, 3.05) is 26.7 Å². The van der Waals surface area contributed by atoms with Gasteiger partial charge >= 0.3 is 5.65 Å². The highest BCUT2D eigenvalue weighted by Crippen LogP contribution is 2.21. The Kier molecular flexibility index (Phi) is 10.6. The summed E-state index contributed by atoms with van der Waals surface area (Å²) in [4.78, 5) is 14.2. The number of hydrogen-bond donors (Lipinski definition) is 2. The van der Waals surface area contributed by atoms with Crippen LogP contribution in [0.3, 0.4) is 0 Å². The van der Waals surface area contributed by atoms with Crippen LogP contribution in [0, 0.1) is 0 Å². The minimum atomic E-state index is 0. The van der Waals surface area contributed by atoms with Crippen LogP contribution in [0.15, 0.2) is 41.7 Å². The zero-order valence-corrected chi connectivity index (χ0v) is 18.7. The monoisotopic (exact) mass is 443 g/mol. The van der Waals surface area contributed by atoms with Gasteiger partial charge in [0.1, 0.15) is 13.1 Å². The number of H-pyrrole nitrogens is 1. The van der Waals surface area contributed by atoms with Crippen molar-refractivity contribution in [2.45, 2.75) is 31.3 Å². The lowest BCUT2D eigenvalue weighted by atomic mass is 10.4. The normalized spacial score (nSPS) is 10.6. The lowest BCUT2D eigenvalue weighted by Crippen LogP contribution is -3.12. The van der Waals surface area contributed by atoms with Gasteiger partial charge in [0.15, 0.2) is 5.52 Å². The molecule has 0 spiro atoms. The van der Waals surface area contributed by atoms with E-state index in [-0.39, 0.29) is 24.8 Å². The Morgan fingerprint density at radius 1 is 1.14 bits per heavy atom. The average molecular weight is 444 g/mol. The first-order chi connectivity index (χ1) is 12.7. The molecule has 0 saturated heterocycles. The zero-order valence-electron chi connectivity index (χ0n) is 16.4. The van der Waals surface area contributed by atoms with Crippen LogP contribution in [0.4, 0.5) is 0 Å². The molecule has 6 nitrogen and oxygen atoms in total. The number of quaternary nitrogens is 1. The van der Waals surface area contributed by atoms with Gasteiger partial charge in [-0.25, -0.2) is 4.57 Å². The van der Waals surface area contributed by atoms with E-state index in [0.717, 1.165) is 53.9 Å². The fourth-order valence-corrected chi connectivity index (χ4v) is 3.92. The molecule has 0 unspecified atom stereocenters. The molecule has 0 atom stereocenters. The molecular weight excluding hydrogens is 417 g/mol. The summed E-state index contributed by atoms with van der Waals surface area (Å²) in [6, 6.07) is 9.96. The van der Waals surface area contributed by atoms with Gasteiger partial charge in [0.05, 0.1) is 25.9 Å². The van der Waals surface area contributed by atoms with E-state index < -0.39 is 0 Å². The standard InChI is InChI=1S/C19H25N5OS.2ClH/c1-4-23(5-2)12-13-24-18-16(9-10-17(22-18)25-3)21-19(24)26-14-15-8-6-7-11-20-15;;/h6-11H,4-5,12-14H2,1-3H3;2*1H. The number of methoxy groups -OCH3 is 1. The molecule has 0 aliphatic carbocycles. The zero-order chi connectivity index (χ0) is 18.4. The van der Waals surface area contributed by atoms with Crippen LogP contribution < -0.4 is 39.0 Å². The van der Waals surface area contributed by atoms with Crippen molar-refractivity contribution in [3.63, 3.8) is 0 Å². The van der Waals surface area contributed by atoms with E-state index in [2.05, 4.69) is 39.4 Å². The van der Waals surface area contributed by atoms with E-state index in [4.69, 9.17) is 4.74 Å². The van der Waals surface area contributed by atoms with Gasteiger partial charge in [-0.05, 0) is 43.8 Å². The van der Waals surface area contributed by atoms with Gasteiger partial charge in [-0.2, -0.15) is 0 Å². The van der Waals surface area contributed by atoms with Crippen molar-refractivity contribution in [3.05, 3.63) is 42.2 Å². The summed E-state index contributed by atoms with van der Waals surface area (Å²) in [7, 11) is 1.65. The van der Waals surface area contributed by atoms with Gasteiger partial charge in [-0.3, -0.25) is 9.97 Å². The summed E-state index contributed by atoms with van der Waals surface area (Å²) in [5, 5.41) is 1.11. The molecule has 28 heavy (non-hydrogen) atoms. The number of fused-ring (bicyclic) bond motifs is 1. The van der Waals surface area contributed by atoms with E-state index in [0.29, 0.717) is 5.88 Å². The lowest BCUT2D eigenvalue weighted by Gasteiger charge is -2.14. The van der Waals surface area contributed by atoms with E-state index >= 15 is 0 Å². The Balaban J connectivity index is 0.00000196. The van der Waals surface area contributed by atoms with Crippen LogP contribution >= 0.6 is 11.8 Å². The number of ether oxygens (including phenoxy) is 1. The van der Waals surface area contributed by atoms with Gasteiger partial charge in [-0.15, -0.1) is 0 Å². The van der Waals surface area contributed by atoms with Gasteiger partial charge < -0.3 is 34.5 Å². The van der Waals surface area contributed by atoms with E-state index in [1.807, 2.05) is 30.5 Å². The first-order valence-corrected chi connectivity index (χ1v) is 10.1. The molecule has 0 aliphatic rings. The van der Waals surface area contributed by atoms with Gasteiger partial charge in [0, 0.05) is 18.0 Å². The lowest BCUT2D eigenvalue weighted by molar-refractivity contribution is -0.917. The molecule has 2 N–H and O–H groups in total. The second kappa shape index (κ2) is 12.1. The van der Waals surface area contributed by atoms with Crippen molar-refractivity contribution >= 4 is 22.9 Å². The van der Waals surface area contributed by atoms with Crippen LogP contribution in [0.2, 0.25) is 0 Å². The Labute approximate surface area is 182 Å². The third-order valence-corrected chi connectivity index (χ3v) is 5.61. The number of aromatic nitrogens is 4. The van der Waals surface area contributed by atoms with E-state index in [1.165, 1.54) is 0 Å². The molecule has 3 rings (SSSR count). The smallest absolute Gasteiger partial charge is 0.306 e. The first kappa shape index (κ1) is 24.5. The molecule has 0 bridgehead atoms. The number of halogens is 2. The summed E-state index contributed by atoms with van der Waals surface area (Å²) in [6.07, 6.45) is 1.84. The van der Waals surface area contributed by atoms with Gasteiger partial charge in [0.25, 0.3) is 11.0 Å². The number of hydrogen-bond acceptors (Lipinski definition) is 4. The number of nitrogens with zero attached hydrogens (tertiary/aromatic N) is 3. The number of rotatable bonds is 9. The Morgan fingerprint density at radius 2 is 1.93 bits per heavy atom. The Morgan fingerprint density at radius 3 is 2.57 bits per heavy atom. The molecule has 3 heterocycles. The summed E-state index contributed by atoms with van der Waals surface area (Å²) in [6.45, 7) is 8.72. The van der Waals surface area contributed by atoms with Crippen LogP contribution in [0.5, 0.6) is 5.88 Å². The predicted molar refractivity (Wildman–Crippen MR) is 104 cm³/mol. The second-order valence-electron chi connectivity index (χ2n) is 6.12. The number of likely N-dealkylation sites (N-methyl/N-ethyl adjacent to an activating group) is 1. The first-order valence-electron chi connectivity index (χ1n) is 9.08. The minimum Gasteiger partial charge on any atom is -1.00 e. The summed E-state index contributed by atoms with van der Waals surface area (Å²) in [5.41, 5.74) is 3.05. The average Bonchev–Trinajstić information content (AvgIpc) is 3.04. The second-order valence-corrected chi connectivity index (χ2v) is 7.09. The molecule has 154 valence electrons. The molecule has 3 aromatic rings. The molecule has 0 amide bonds. The van der Waals surface area contributed by atoms with Crippen LogP contribution in [-0.4, -0.2) is 41.7 Å². The van der Waals surface area contributed by atoms with Crippen molar-refractivity contribution in [1.29, 1.82) is 0 Å². The maximum atomic E-state index is 5.32. The molecule has 0 aromatic carbocycles. The van der Waals surface area contributed by atoms with Crippen LogP contribution in [-0.2, 0) is 12.3 Å². The van der Waals surface area contributed by atoms with E-state index in [1.54, 1.807) is 23.8 Å². The molecular formula is C19H27Cl2N5OS. The van der Waals surface area contributed by atoms with Crippen molar-refractivity contribution in [1.82, 2.24) is 15.0 Å². The number of aromatic amines is 1. The summed E-state index contributed by atoms with van der Waals surface area (Å²) < 4.78 is 7.60. The van der Waals surface area contributed by atoms with E-state index in [9.17, 15) is 0 Å². The molecule has 3 aromatic heterocycles. The molecule has 0 radical (unpaired) electrons. The fraction of sp³-hybridized carbons (Fsp3) is 0.421. The third-order valence-electron chi connectivity index (χ3n) is 4.57. The maximum absolute atomic E-state index is 5.32. The number of thioether (sulfide) groups is 1. The van der Waals surface area contributed by atoms with Gasteiger partial charge in [0.2, 0.25) is 0 Å². The van der Waals surface area contributed by atoms with Crippen molar-refractivity contribution < 1.29 is 39.0 Å². The number of imidazole rings is 1. The number of nitrogens with one attached hydrogen (secondary N) is 2. The van der Waals surface area contributed by atoms with Crippen LogP contribution in [0.1, 0.15) is 19.5 Å². The quantitative estimate of drug-likeness (QED) is 0.258. The summed E-state index contributed by atoms with van der Waals surface area (Å²) in [5.74, 6) is 1.46. The minimum absolute atomic E-state index is 0. The number of pyridine rings is 2.